The highest BCUT2D eigenvalue weighted by Gasteiger charge is 2.29. The molecule has 1 aromatic rings. The molecule has 0 bridgehead atoms. The van der Waals surface area contributed by atoms with E-state index in [9.17, 15) is 8.42 Å². The van der Waals surface area contributed by atoms with E-state index in [-0.39, 0.29) is 11.6 Å². The Morgan fingerprint density at radius 1 is 1.37 bits per heavy atom. The lowest BCUT2D eigenvalue weighted by molar-refractivity contribution is 0.268. The monoisotopic (exact) mass is 284 g/mol. The van der Waals surface area contributed by atoms with Crippen LogP contribution in [0.1, 0.15) is 31.7 Å². The maximum atomic E-state index is 12.4. The Labute approximate surface area is 114 Å². The molecule has 0 amide bonds. The summed E-state index contributed by atoms with van der Waals surface area (Å²) in [6, 6.07) is 3.06. The maximum Gasteiger partial charge on any atom is 0.260 e. The summed E-state index contributed by atoms with van der Waals surface area (Å²) in [5.41, 5.74) is 0.614. The number of nitrogens with zero attached hydrogens (tertiary/aromatic N) is 2. The second kappa shape index (κ2) is 5.98. The molecule has 1 aliphatic heterocycles. The van der Waals surface area contributed by atoms with Crippen molar-refractivity contribution in [1.82, 2.24) is 9.29 Å². The number of aliphatic hydroxyl groups excluding tert-OH is 1. The number of aliphatic hydroxyl groups is 1. The minimum atomic E-state index is -3.48. The highest BCUT2D eigenvalue weighted by atomic mass is 32.2. The van der Waals surface area contributed by atoms with Gasteiger partial charge in [-0.15, -0.1) is 0 Å². The van der Waals surface area contributed by atoms with Gasteiger partial charge in [0, 0.05) is 19.3 Å². The Bertz CT molecular complexity index is 505. The van der Waals surface area contributed by atoms with Crippen LogP contribution in [-0.2, 0) is 16.6 Å². The first-order valence-corrected chi connectivity index (χ1v) is 8.08. The van der Waals surface area contributed by atoms with Gasteiger partial charge in [0.15, 0.2) is 5.03 Å². The van der Waals surface area contributed by atoms with Crippen LogP contribution in [0.4, 0.5) is 0 Å². The molecule has 2 heterocycles. The summed E-state index contributed by atoms with van der Waals surface area (Å²) >= 11 is 0. The Hall–Kier alpha value is -0.980. The molecular formula is C13H20N2O3S. The molecule has 1 N–H and O–H groups in total. The Morgan fingerprint density at radius 2 is 2.05 bits per heavy atom. The van der Waals surface area contributed by atoms with Crippen molar-refractivity contribution in [3.8, 4) is 0 Å². The number of aromatic nitrogens is 1. The van der Waals surface area contributed by atoms with Crippen LogP contribution in [0.25, 0.3) is 0 Å². The van der Waals surface area contributed by atoms with Gasteiger partial charge in [0.2, 0.25) is 0 Å². The van der Waals surface area contributed by atoms with Gasteiger partial charge in [-0.3, -0.25) is 0 Å². The van der Waals surface area contributed by atoms with Crippen LogP contribution in [0.15, 0.2) is 23.4 Å². The standard InChI is InChI=1S/C13H20N2O3S/c1-2-11-5-7-15(8-6-11)19(17,18)13-4-3-12(10-16)9-14-13/h3-4,9,11,16H,2,5-8,10H2,1H3. The summed E-state index contributed by atoms with van der Waals surface area (Å²) in [7, 11) is -3.48. The normalized spacial score (nSPS) is 18.6. The Kier molecular flexibility index (Phi) is 4.54. The van der Waals surface area contributed by atoms with Crippen molar-refractivity contribution in [3.63, 3.8) is 0 Å². The summed E-state index contributed by atoms with van der Waals surface area (Å²) in [5.74, 6) is 0.635. The van der Waals surface area contributed by atoms with Crippen molar-refractivity contribution < 1.29 is 13.5 Å². The van der Waals surface area contributed by atoms with E-state index in [0.29, 0.717) is 24.6 Å². The molecule has 1 saturated heterocycles. The first-order chi connectivity index (χ1) is 9.07. The van der Waals surface area contributed by atoms with Crippen molar-refractivity contribution in [2.45, 2.75) is 37.8 Å². The van der Waals surface area contributed by atoms with E-state index in [4.69, 9.17) is 5.11 Å². The molecule has 0 saturated carbocycles. The van der Waals surface area contributed by atoms with Crippen molar-refractivity contribution in [2.24, 2.45) is 5.92 Å². The maximum absolute atomic E-state index is 12.4. The molecule has 2 rings (SSSR count). The molecule has 0 spiro atoms. The zero-order valence-electron chi connectivity index (χ0n) is 11.1. The fourth-order valence-electron chi connectivity index (χ4n) is 2.35. The van der Waals surface area contributed by atoms with Gasteiger partial charge in [-0.1, -0.05) is 19.4 Å². The van der Waals surface area contributed by atoms with Gasteiger partial charge < -0.3 is 5.11 Å². The summed E-state index contributed by atoms with van der Waals surface area (Å²) in [5, 5.41) is 9.01. The molecule has 19 heavy (non-hydrogen) atoms. The van der Waals surface area contributed by atoms with E-state index >= 15 is 0 Å². The minimum Gasteiger partial charge on any atom is -0.392 e. The summed E-state index contributed by atoms with van der Waals surface area (Å²) in [4.78, 5) is 3.95. The Morgan fingerprint density at radius 3 is 2.53 bits per heavy atom. The summed E-state index contributed by atoms with van der Waals surface area (Å²) < 4.78 is 26.3. The van der Waals surface area contributed by atoms with Gasteiger partial charge in [-0.25, -0.2) is 13.4 Å². The second-order valence-electron chi connectivity index (χ2n) is 4.92. The Balaban J connectivity index is 2.13. The number of sulfonamides is 1. The lowest BCUT2D eigenvalue weighted by atomic mass is 9.96. The highest BCUT2D eigenvalue weighted by Crippen LogP contribution is 2.24. The van der Waals surface area contributed by atoms with Crippen LogP contribution in [0, 0.1) is 5.92 Å². The molecule has 0 radical (unpaired) electrons. The predicted octanol–water partition coefficient (Wildman–Crippen LogP) is 1.38. The quantitative estimate of drug-likeness (QED) is 0.907. The van der Waals surface area contributed by atoms with E-state index < -0.39 is 10.0 Å². The first-order valence-electron chi connectivity index (χ1n) is 6.64. The fourth-order valence-corrected chi connectivity index (χ4v) is 3.73. The third-order valence-electron chi connectivity index (χ3n) is 3.74. The summed E-state index contributed by atoms with van der Waals surface area (Å²) in [6.07, 6.45) is 4.36. The second-order valence-corrected chi connectivity index (χ2v) is 6.80. The van der Waals surface area contributed by atoms with Crippen molar-refractivity contribution in [3.05, 3.63) is 23.9 Å². The minimum absolute atomic E-state index is 0.0691. The van der Waals surface area contributed by atoms with Crippen molar-refractivity contribution in [1.29, 1.82) is 0 Å². The molecule has 0 aromatic carbocycles. The topological polar surface area (TPSA) is 70.5 Å². The number of pyridine rings is 1. The van der Waals surface area contributed by atoms with Crippen molar-refractivity contribution >= 4 is 10.0 Å². The average Bonchev–Trinajstić information content (AvgIpc) is 2.47. The number of piperidine rings is 1. The van der Waals surface area contributed by atoms with E-state index in [1.54, 1.807) is 6.07 Å². The van der Waals surface area contributed by atoms with Crippen LogP contribution in [0.2, 0.25) is 0 Å². The molecule has 106 valence electrons. The zero-order valence-corrected chi connectivity index (χ0v) is 11.9. The van der Waals surface area contributed by atoms with Crippen LogP contribution in [0.5, 0.6) is 0 Å². The predicted molar refractivity (Wildman–Crippen MR) is 71.9 cm³/mol. The van der Waals surface area contributed by atoms with Crippen molar-refractivity contribution in [2.75, 3.05) is 13.1 Å². The third kappa shape index (κ3) is 3.13. The molecule has 0 aliphatic carbocycles. The molecule has 1 fully saturated rings. The number of hydrogen-bond donors (Lipinski definition) is 1. The molecule has 1 aliphatic rings. The number of rotatable bonds is 4. The van der Waals surface area contributed by atoms with Crippen LogP contribution in [0.3, 0.4) is 0 Å². The summed E-state index contributed by atoms with van der Waals surface area (Å²) in [6.45, 7) is 3.16. The molecule has 0 unspecified atom stereocenters. The zero-order chi connectivity index (χ0) is 13.9. The first kappa shape index (κ1) is 14.4. The molecule has 5 nitrogen and oxygen atoms in total. The molecule has 1 aromatic heterocycles. The van der Waals surface area contributed by atoms with E-state index in [2.05, 4.69) is 11.9 Å². The lowest BCUT2D eigenvalue weighted by Crippen LogP contribution is -2.38. The SMILES string of the molecule is CCC1CCN(S(=O)(=O)c2ccc(CO)cn2)CC1. The van der Waals surface area contributed by atoms with E-state index in [1.807, 2.05) is 0 Å². The smallest absolute Gasteiger partial charge is 0.260 e. The third-order valence-corrected chi connectivity index (χ3v) is 5.55. The van der Waals surface area contributed by atoms with Gasteiger partial charge in [-0.05, 0) is 30.4 Å². The van der Waals surface area contributed by atoms with Crippen LogP contribution >= 0.6 is 0 Å². The molecule has 0 atom stereocenters. The van der Waals surface area contributed by atoms with Crippen LogP contribution < -0.4 is 0 Å². The highest BCUT2D eigenvalue weighted by molar-refractivity contribution is 7.89. The van der Waals surface area contributed by atoms with Gasteiger partial charge >= 0.3 is 0 Å². The molecular weight excluding hydrogens is 264 g/mol. The number of hydrogen-bond acceptors (Lipinski definition) is 4. The van der Waals surface area contributed by atoms with Crippen LogP contribution in [-0.4, -0.2) is 35.9 Å². The van der Waals surface area contributed by atoms with Gasteiger partial charge in [0.25, 0.3) is 10.0 Å². The van der Waals surface area contributed by atoms with E-state index in [1.165, 1.54) is 16.6 Å². The van der Waals surface area contributed by atoms with E-state index in [0.717, 1.165) is 19.3 Å². The van der Waals surface area contributed by atoms with Gasteiger partial charge in [-0.2, -0.15) is 4.31 Å². The largest absolute Gasteiger partial charge is 0.392 e. The fraction of sp³-hybridized carbons (Fsp3) is 0.615. The van der Waals surface area contributed by atoms with Gasteiger partial charge in [0.05, 0.1) is 6.61 Å². The molecule has 6 heteroatoms. The lowest BCUT2D eigenvalue weighted by Gasteiger charge is -2.30. The average molecular weight is 284 g/mol. The van der Waals surface area contributed by atoms with Gasteiger partial charge in [0.1, 0.15) is 0 Å².